The molecule has 1 aliphatic heterocycles. The van der Waals surface area contributed by atoms with Crippen LogP contribution in [0.2, 0.25) is 0 Å². The predicted octanol–water partition coefficient (Wildman–Crippen LogP) is 5.60. The van der Waals surface area contributed by atoms with Crippen LogP contribution < -0.4 is 0 Å². The van der Waals surface area contributed by atoms with E-state index in [0.29, 0.717) is 0 Å². The monoisotopic (exact) mass is 424 g/mol. The van der Waals surface area contributed by atoms with Gasteiger partial charge in [-0.3, -0.25) is 0 Å². The Morgan fingerprint density at radius 2 is 1.29 bits per heavy atom. The lowest BCUT2D eigenvalue weighted by molar-refractivity contribution is 0.566. The lowest BCUT2D eigenvalue weighted by Crippen LogP contribution is -2.22. The molecule has 1 aromatic rings. The zero-order valence-corrected chi connectivity index (χ0v) is 18.4. The van der Waals surface area contributed by atoms with E-state index < -0.39 is 24.3 Å². The van der Waals surface area contributed by atoms with E-state index in [-0.39, 0.29) is 16.2 Å². The Kier molecular flexibility index (Phi) is 9.00. The van der Waals surface area contributed by atoms with Gasteiger partial charge < -0.3 is 0 Å². The lowest BCUT2D eigenvalue weighted by atomic mass is 10.1. The first-order valence-electron chi connectivity index (χ1n) is 10.4. The number of hydrogen-bond donors (Lipinski definition) is 0. The molecule has 1 heterocycles. The van der Waals surface area contributed by atoms with Crippen LogP contribution in [0.3, 0.4) is 0 Å². The molecule has 0 unspecified atom stereocenters. The Labute approximate surface area is 170 Å². The molecule has 0 aliphatic carbocycles. The van der Waals surface area contributed by atoms with Gasteiger partial charge in [0, 0.05) is 6.42 Å². The molecule has 156 valence electrons. The number of allylic oxidation sites excluding steroid dienone is 1. The molecule has 0 bridgehead atoms. The van der Waals surface area contributed by atoms with E-state index in [1.807, 2.05) is 6.08 Å². The first kappa shape index (κ1) is 22.9. The molecule has 0 fully saturated rings. The molecule has 1 aromatic carbocycles. The summed E-state index contributed by atoms with van der Waals surface area (Å²) in [6, 6.07) is 5.83. The molecular weight excluding hydrogens is 392 g/mol. The second-order valence-corrected chi connectivity index (χ2v) is 11.9. The highest BCUT2D eigenvalue weighted by Gasteiger charge is 2.48. The van der Waals surface area contributed by atoms with Crippen molar-refractivity contribution < 1.29 is 16.8 Å². The highest BCUT2D eigenvalue weighted by Crippen LogP contribution is 2.39. The summed E-state index contributed by atoms with van der Waals surface area (Å²) in [5, 5.41) is 0. The first-order chi connectivity index (χ1) is 13.4. The molecule has 6 heteroatoms. The zero-order valence-electron chi connectivity index (χ0n) is 16.8. The van der Waals surface area contributed by atoms with Gasteiger partial charge in [0.2, 0.25) is 0 Å². The fraction of sp³-hybridized carbons (Fsp3) is 0.591. The summed E-state index contributed by atoms with van der Waals surface area (Å²) < 4.78 is 48.6. The van der Waals surface area contributed by atoms with Crippen LogP contribution in [0.25, 0.3) is 0 Å². The van der Waals surface area contributed by atoms with E-state index in [2.05, 4.69) is 12.7 Å². The van der Waals surface area contributed by atoms with Crippen molar-refractivity contribution in [2.45, 2.75) is 91.9 Å². The van der Waals surface area contributed by atoms with E-state index in [0.717, 1.165) is 12.8 Å². The summed E-state index contributed by atoms with van der Waals surface area (Å²) in [5.41, 5.74) is 2.96. The molecule has 0 saturated carbocycles. The average Bonchev–Trinajstić information content (AvgIpc) is 2.82. The van der Waals surface area contributed by atoms with Gasteiger partial charge in [0.1, 0.15) is 0 Å². The van der Waals surface area contributed by atoms with Gasteiger partial charge in [-0.1, -0.05) is 70.4 Å². The Morgan fingerprint density at radius 1 is 0.786 bits per heavy atom. The minimum atomic E-state index is -3.84. The van der Waals surface area contributed by atoms with E-state index >= 15 is 0 Å². The maximum atomic E-state index is 12.5. The number of fused-ring (bicyclic) bond motifs is 1. The summed E-state index contributed by atoms with van der Waals surface area (Å²) in [4.78, 5) is -0.154. The van der Waals surface area contributed by atoms with Crippen molar-refractivity contribution in [2.24, 2.45) is 0 Å². The highest BCUT2D eigenvalue weighted by molar-refractivity contribution is 8.11. The molecule has 0 N–H and O–H groups in total. The van der Waals surface area contributed by atoms with Crippen molar-refractivity contribution in [2.75, 3.05) is 0 Å². The molecule has 4 nitrogen and oxygen atoms in total. The third-order valence-electron chi connectivity index (χ3n) is 5.15. The number of rotatable bonds is 12. The number of unbranched alkanes of at least 4 members (excludes halogenated alkanes) is 9. The molecule has 0 saturated heterocycles. The smallest absolute Gasteiger partial charge is 0.197 e. The van der Waals surface area contributed by atoms with Gasteiger partial charge in [-0.15, -0.1) is 5.73 Å². The van der Waals surface area contributed by atoms with Gasteiger partial charge in [0.05, 0.1) is 9.79 Å². The van der Waals surface area contributed by atoms with Gasteiger partial charge in [-0.25, -0.2) is 16.8 Å². The fourth-order valence-electron chi connectivity index (χ4n) is 3.51. The first-order valence-corrected chi connectivity index (χ1v) is 13.5. The largest absolute Gasteiger partial charge is 0.222 e. The van der Waals surface area contributed by atoms with Crippen LogP contribution in [0, 0.1) is 0 Å². The summed E-state index contributed by atoms with van der Waals surface area (Å²) in [7, 11) is -7.69. The van der Waals surface area contributed by atoms with Gasteiger partial charge in [-0.05, 0) is 37.1 Å². The van der Waals surface area contributed by atoms with Crippen molar-refractivity contribution in [3.63, 3.8) is 0 Å². The van der Waals surface area contributed by atoms with Crippen LogP contribution in [0.1, 0.15) is 77.6 Å². The van der Waals surface area contributed by atoms with Gasteiger partial charge in [-0.2, -0.15) is 0 Å². The third kappa shape index (κ3) is 5.82. The third-order valence-corrected chi connectivity index (χ3v) is 10.5. The van der Waals surface area contributed by atoms with E-state index in [1.54, 1.807) is 18.2 Å². The van der Waals surface area contributed by atoms with Crippen molar-refractivity contribution in [1.29, 1.82) is 0 Å². The van der Waals surface area contributed by atoms with Crippen LogP contribution in [-0.2, 0) is 19.7 Å². The molecule has 2 rings (SSSR count). The molecule has 0 spiro atoms. The van der Waals surface area contributed by atoms with Crippen LogP contribution in [0.4, 0.5) is 0 Å². The SMILES string of the molecule is CCCCCCCCCCCC=C=CCC1S(=O)(=O)c2ccccc2S1(=O)=O. The van der Waals surface area contributed by atoms with Crippen LogP contribution in [0.15, 0.2) is 51.9 Å². The summed E-state index contributed by atoms with van der Waals surface area (Å²) >= 11 is 0. The van der Waals surface area contributed by atoms with Crippen LogP contribution in [0.5, 0.6) is 0 Å². The second-order valence-electron chi connectivity index (χ2n) is 7.39. The highest BCUT2D eigenvalue weighted by atomic mass is 32.3. The Hall–Kier alpha value is -1.36. The number of hydrogen-bond acceptors (Lipinski definition) is 4. The predicted molar refractivity (Wildman–Crippen MR) is 114 cm³/mol. The topological polar surface area (TPSA) is 68.3 Å². The Balaban J connectivity index is 1.73. The molecule has 28 heavy (non-hydrogen) atoms. The minimum Gasteiger partial charge on any atom is -0.222 e. The second kappa shape index (κ2) is 11.0. The molecule has 0 aromatic heterocycles. The summed E-state index contributed by atoms with van der Waals surface area (Å²) in [6.07, 6.45) is 15.7. The van der Waals surface area contributed by atoms with E-state index in [4.69, 9.17) is 0 Å². The Morgan fingerprint density at radius 3 is 1.82 bits per heavy atom. The summed E-state index contributed by atoms with van der Waals surface area (Å²) in [6.45, 7) is 2.23. The molecular formula is C22H32O4S2. The quantitative estimate of drug-likeness (QED) is 0.324. The van der Waals surface area contributed by atoms with E-state index in [9.17, 15) is 16.8 Å². The minimum absolute atomic E-state index is 0.0619. The van der Waals surface area contributed by atoms with Crippen molar-refractivity contribution in [3.05, 3.63) is 42.1 Å². The molecule has 0 radical (unpaired) electrons. The van der Waals surface area contributed by atoms with Crippen molar-refractivity contribution >= 4 is 19.7 Å². The number of benzene rings is 1. The maximum Gasteiger partial charge on any atom is 0.197 e. The summed E-state index contributed by atoms with van der Waals surface area (Å²) in [5.74, 6) is 0. The normalized spacial score (nSPS) is 17.0. The van der Waals surface area contributed by atoms with Gasteiger partial charge in [0.25, 0.3) is 0 Å². The molecule has 0 amide bonds. The van der Waals surface area contributed by atoms with Crippen LogP contribution >= 0.6 is 0 Å². The van der Waals surface area contributed by atoms with Crippen molar-refractivity contribution in [1.82, 2.24) is 0 Å². The van der Waals surface area contributed by atoms with E-state index in [1.165, 1.54) is 63.5 Å². The Bertz CT molecular complexity index is 839. The molecule has 1 aliphatic rings. The average molecular weight is 425 g/mol. The standard InChI is InChI=1S/C22H32O4S2/c1-2-3-4-5-6-7-8-9-10-11-12-13-14-19-22-27(23,24)20-17-15-16-18-21(20)28(22,25)26/h12,14-18,22H,2-11,19H2,1H3. The fourth-order valence-corrected chi connectivity index (χ4v) is 8.66. The zero-order chi connectivity index (χ0) is 20.5. The van der Waals surface area contributed by atoms with Crippen LogP contribution in [-0.4, -0.2) is 21.4 Å². The van der Waals surface area contributed by atoms with Gasteiger partial charge >= 0.3 is 0 Å². The number of sulfone groups is 2. The lowest BCUT2D eigenvalue weighted by Gasteiger charge is -2.04. The van der Waals surface area contributed by atoms with Crippen molar-refractivity contribution in [3.8, 4) is 0 Å². The van der Waals surface area contributed by atoms with Gasteiger partial charge in [0.15, 0.2) is 24.3 Å². The molecule has 0 atom stereocenters. The maximum absolute atomic E-state index is 12.5.